The molecule has 0 spiro atoms. The average molecular weight is 475 g/mol. The van der Waals surface area contributed by atoms with Gasteiger partial charge in [-0.25, -0.2) is 18.3 Å². The van der Waals surface area contributed by atoms with Crippen molar-refractivity contribution in [2.75, 3.05) is 13.6 Å². The number of aromatic nitrogens is 4. The summed E-state index contributed by atoms with van der Waals surface area (Å²) < 4.78 is 32.8. The number of carboxylic acid groups (broad SMARTS) is 1. The minimum atomic E-state index is -2.87. The molecule has 1 aliphatic carbocycles. The number of hydrogen-bond acceptors (Lipinski definition) is 6. The molecule has 2 aromatic heterocycles. The fourth-order valence-electron chi connectivity index (χ4n) is 3.24. The van der Waals surface area contributed by atoms with Crippen molar-refractivity contribution >= 4 is 12.1 Å². The van der Waals surface area contributed by atoms with Crippen LogP contribution in [0.15, 0.2) is 12.1 Å². The predicted molar refractivity (Wildman–Crippen MR) is 118 cm³/mol. The molecule has 0 saturated heterocycles. The van der Waals surface area contributed by atoms with Crippen LogP contribution in [0.5, 0.6) is 0 Å². The fourth-order valence-corrected chi connectivity index (χ4v) is 3.24. The number of carboxylic acids is 1. The molecule has 2 aromatic rings. The Kier molecular flexibility index (Phi) is 7.19. The quantitative estimate of drug-likeness (QED) is 0.583. The van der Waals surface area contributed by atoms with Crippen molar-refractivity contribution in [2.45, 2.75) is 52.1 Å². The summed E-state index contributed by atoms with van der Waals surface area (Å²) in [7, 11) is 3.04. The second-order valence-corrected chi connectivity index (χ2v) is 8.74. The molecule has 2 heterocycles. The molecular formula is C23H27F2N5O4. The van der Waals surface area contributed by atoms with Crippen LogP contribution in [0.1, 0.15) is 49.6 Å². The molecular weight excluding hydrogens is 448 g/mol. The van der Waals surface area contributed by atoms with Crippen LogP contribution in [0.25, 0.3) is 11.4 Å². The van der Waals surface area contributed by atoms with E-state index in [0.29, 0.717) is 28.3 Å². The molecule has 1 amide bonds. The Bertz CT molecular complexity index is 1140. The molecule has 34 heavy (non-hydrogen) atoms. The largest absolute Gasteiger partial charge is 0.481 e. The molecule has 0 unspecified atom stereocenters. The molecule has 182 valence electrons. The maximum atomic E-state index is 13.0. The van der Waals surface area contributed by atoms with Crippen LogP contribution in [0.3, 0.4) is 0 Å². The number of hydrogen-bond donors (Lipinski definition) is 1. The topological polar surface area (TPSA) is 110 Å². The van der Waals surface area contributed by atoms with Crippen LogP contribution in [0.2, 0.25) is 0 Å². The summed E-state index contributed by atoms with van der Waals surface area (Å²) in [5.41, 5.74) is 2.31. The summed E-state index contributed by atoms with van der Waals surface area (Å²) in [6, 6.07) is 3.50. The zero-order valence-corrected chi connectivity index (χ0v) is 19.6. The Hall–Kier alpha value is -3.55. The van der Waals surface area contributed by atoms with Crippen LogP contribution in [0, 0.1) is 24.2 Å². The van der Waals surface area contributed by atoms with E-state index in [2.05, 4.69) is 27.1 Å². The Balaban J connectivity index is 1.70. The molecule has 9 nitrogen and oxygen atoms in total. The number of pyridine rings is 1. The lowest BCUT2D eigenvalue weighted by Gasteiger charge is -2.19. The van der Waals surface area contributed by atoms with E-state index < -0.39 is 29.8 Å². The third-order valence-electron chi connectivity index (χ3n) is 5.61. The van der Waals surface area contributed by atoms with Gasteiger partial charge in [-0.05, 0) is 38.8 Å². The first-order chi connectivity index (χ1) is 15.9. The van der Waals surface area contributed by atoms with E-state index in [1.54, 1.807) is 26.1 Å². The van der Waals surface area contributed by atoms with Crippen molar-refractivity contribution in [2.24, 2.45) is 12.5 Å². The molecule has 1 aliphatic rings. The minimum Gasteiger partial charge on any atom is -0.481 e. The van der Waals surface area contributed by atoms with E-state index >= 15 is 0 Å². The first-order valence-corrected chi connectivity index (χ1v) is 10.8. The van der Waals surface area contributed by atoms with Crippen molar-refractivity contribution in [3.05, 3.63) is 29.1 Å². The number of amides is 1. The first-order valence-electron chi connectivity index (χ1n) is 10.8. The van der Waals surface area contributed by atoms with Crippen molar-refractivity contribution in [1.82, 2.24) is 24.9 Å². The van der Waals surface area contributed by atoms with Crippen LogP contribution in [-0.2, 0) is 23.2 Å². The van der Waals surface area contributed by atoms with Crippen LogP contribution < -0.4 is 0 Å². The van der Waals surface area contributed by atoms with E-state index in [1.165, 1.54) is 11.7 Å². The molecule has 0 atom stereocenters. The number of aliphatic carboxylic acids is 1. The SMILES string of the molecule is Cc1nc(-c2nnn(C)c2COC(=O)N(C)CCC(C)(F)F)ccc1C#CC1(CC(=O)O)CC1. The lowest BCUT2D eigenvalue weighted by Crippen LogP contribution is -2.31. The second kappa shape index (κ2) is 9.75. The van der Waals surface area contributed by atoms with Gasteiger partial charge in [-0.15, -0.1) is 5.10 Å². The van der Waals surface area contributed by atoms with Gasteiger partial charge in [0, 0.05) is 38.0 Å². The van der Waals surface area contributed by atoms with Gasteiger partial charge in [0.25, 0.3) is 0 Å². The van der Waals surface area contributed by atoms with Gasteiger partial charge in [-0.1, -0.05) is 17.1 Å². The lowest BCUT2D eigenvalue weighted by atomic mass is 10.0. The van der Waals surface area contributed by atoms with E-state index in [4.69, 9.17) is 9.84 Å². The Morgan fingerprint density at radius 2 is 2.06 bits per heavy atom. The Morgan fingerprint density at radius 1 is 1.35 bits per heavy atom. The molecule has 3 rings (SSSR count). The van der Waals surface area contributed by atoms with Crippen molar-refractivity contribution in [3.8, 4) is 23.2 Å². The molecule has 1 saturated carbocycles. The molecule has 0 aliphatic heterocycles. The van der Waals surface area contributed by atoms with E-state index in [1.807, 2.05) is 0 Å². The maximum absolute atomic E-state index is 13.0. The molecule has 0 radical (unpaired) electrons. The van der Waals surface area contributed by atoms with Crippen LogP contribution in [0.4, 0.5) is 13.6 Å². The highest BCUT2D eigenvalue weighted by molar-refractivity contribution is 5.69. The third-order valence-corrected chi connectivity index (χ3v) is 5.61. The number of aryl methyl sites for hydroxylation is 2. The minimum absolute atomic E-state index is 0.0301. The van der Waals surface area contributed by atoms with Crippen molar-refractivity contribution in [3.63, 3.8) is 0 Å². The number of rotatable bonds is 8. The fraction of sp³-hybridized carbons (Fsp3) is 0.522. The highest BCUT2D eigenvalue weighted by atomic mass is 19.3. The van der Waals surface area contributed by atoms with Gasteiger partial charge in [0.1, 0.15) is 18.0 Å². The zero-order chi connectivity index (χ0) is 25.1. The number of alkyl halides is 2. The van der Waals surface area contributed by atoms with E-state index in [9.17, 15) is 18.4 Å². The normalized spacial score (nSPS) is 14.2. The third kappa shape index (κ3) is 6.50. The summed E-state index contributed by atoms with van der Waals surface area (Å²) in [6.45, 7) is 2.28. The summed E-state index contributed by atoms with van der Waals surface area (Å²) in [5, 5.41) is 17.1. The second-order valence-electron chi connectivity index (χ2n) is 8.74. The molecule has 1 fully saturated rings. The first kappa shape index (κ1) is 25.1. The zero-order valence-electron chi connectivity index (χ0n) is 19.6. The van der Waals surface area contributed by atoms with Crippen LogP contribution >= 0.6 is 0 Å². The van der Waals surface area contributed by atoms with Gasteiger partial charge in [0.2, 0.25) is 5.92 Å². The summed E-state index contributed by atoms with van der Waals surface area (Å²) in [6.07, 6.45) is 0.375. The average Bonchev–Trinajstić information content (AvgIpc) is 3.40. The highest BCUT2D eigenvalue weighted by Crippen LogP contribution is 2.48. The van der Waals surface area contributed by atoms with Gasteiger partial charge in [0.15, 0.2) is 0 Å². The molecule has 1 N–H and O–H groups in total. The monoisotopic (exact) mass is 475 g/mol. The maximum Gasteiger partial charge on any atom is 0.409 e. The van der Waals surface area contributed by atoms with Crippen molar-refractivity contribution in [1.29, 1.82) is 0 Å². The summed E-state index contributed by atoms with van der Waals surface area (Å²) >= 11 is 0. The van der Waals surface area contributed by atoms with Gasteiger partial charge < -0.3 is 14.7 Å². The number of nitrogens with zero attached hydrogens (tertiary/aromatic N) is 5. The highest BCUT2D eigenvalue weighted by Gasteiger charge is 2.43. The van der Waals surface area contributed by atoms with Gasteiger partial charge in [-0.3, -0.25) is 9.78 Å². The number of halogens is 2. The van der Waals surface area contributed by atoms with Gasteiger partial charge in [-0.2, -0.15) is 0 Å². The van der Waals surface area contributed by atoms with Gasteiger partial charge in [0.05, 0.1) is 17.8 Å². The van der Waals surface area contributed by atoms with E-state index in [-0.39, 0.29) is 19.6 Å². The lowest BCUT2D eigenvalue weighted by molar-refractivity contribution is -0.137. The Labute approximate surface area is 196 Å². The summed E-state index contributed by atoms with van der Waals surface area (Å²) in [4.78, 5) is 28.8. The molecule has 11 heteroatoms. The number of carbonyl (C=O) groups excluding carboxylic acids is 1. The number of ether oxygens (including phenoxy) is 1. The van der Waals surface area contributed by atoms with E-state index in [0.717, 1.165) is 24.7 Å². The molecule has 0 bridgehead atoms. The standard InChI is InChI=1S/C23H27F2N5O4/c1-15-16(7-8-23(9-10-23)13-19(31)32)5-6-17(26-15)20-18(30(4)28-27-20)14-34-21(33)29(3)12-11-22(2,24)25/h5-6H,9-14H2,1-4H3,(H,31,32). The number of carbonyl (C=O) groups is 2. The predicted octanol–water partition coefficient (Wildman–Crippen LogP) is 3.41. The molecule has 0 aromatic carbocycles. The smallest absolute Gasteiger partial charge is 0.409 e. The van der Waals surface area contributed by atoms with Crippen molar-refractivity contribution < 1.29 is 28.2 Å². The van der Waals surface area contributed by atoms with Crippen LogP contribution in [-0.4, -0.2) is 61.6 Å². The summed E-state index contributed by atoms with van der Waals surface area (Å²) in [5.74, 6) is 2.40. The Morgan fingerprint density at radius 3 is 2.65 bits per heavy atom. The van der Waals surface area contributed by atoms with Gasteiger partial charge >= 0.3 is 12.1 Å².